The molecule has 90 valence electrons. The molecule has 2 rings (SSSR count). The number of hydrogen-bond donors (Lipinski definition) is 1. The Morgan fingerprint density at radius 2 is 2.06 bits per heavy atom. The lowest BCUT2D eigenvalue weighted by Crippen LogP contribution is -2.12. The molecule has 1 aromatic carbocycles. The normalized spacial score (nSPS) is 17.5. The topological polar surface area (TPSA) is 81.8 Å². The van der Waals surface area contributed by atoms with E-state index in [0.29, 0.717) is 0 Å². The van der Waals surface area contributed by atoms with Crippen molar-refractivity contribution in [3.8, 4) is 5.75 Å². The van der Waals surface area contributed by atoms with Crippen molar-refractivity contribution < 1.29 is 17.5 Å². The molecule has 7 heteroatoms. The minimum Gasteiger partial charge on any atom is -0.486 e. The third-order valence-corrected chi connectivity index (χ3v) is 3.36. The van der Waals surface area contributed by atoms with Crippen molar-refractivity contribution in [2.75, 3.05) is 6.61 Å². The Hall–Kier alpha value is -1.89. The number of benzene rings is 1. The highest BCUT2D eigenvalue weighted by Crippen LogP contribution is 2.19. The van der Waals surface area contributed by atoms with Crippen LogP contribution in [-0.2, 0) is 10.0 Å². The second-order valence-corrected chi connectivity index (χ2v) is 4.92. The van der Waals surface area contributed by atoms with Crippen molar-refractivity contribution in [3.63, 3.8) is 0 Å². The second-order valence-electron chi connectivity index (χ2n) is 3.32. The average molecular weight is 256 g/mol. The van der Waals surface area contributed by atoms with Crippen LogP contribution in [0, 0.1) is 5.82 Å². The molecule has 1 aromatic rings. The number of rotatable bonds is 3. The highest BCUT2D eigenvalue weighted by molar-refractivity contribution is 7.94. The summed E-state index contributed by atoms with van der Waals surface area (Å²) in [5.41, 5.74) is 5.57. The van der Waals surface area contributed by atoms with Crippen LogP contribution in [0.3, 0.4) is 0 Å². The summed E-state index contributed by atoms with van der Waals surface area (Å²) >= 11 is 0. The standard InChI is InChI=1S/C10H9FN2O3S/c11-8-3-1-2-4-9(8)16-6-7-5-13-17(14,15)10(7)12/h1-5H,6,12H2. The van der Waals surface area contributed by atoms with Crippen molar-refractivity contribution in [3.05, 3.63) is 40.7 Å². The molecular formula is C10H9FN2O3S. The van der Waals surface area contributed by atoms with Crippen LogP contribution in [0.15, 0.2) is 39.3 Å². The van der Waals surface area contributed by atoms with Gasteiger partial charge in [-0.3, -0.25) is 0 Å². The van der Waals surface area contributed by atoms with Gasteiger partial charge in [0.25, 0.3) is 10.0 Å². The van der Waals surface area contributed by atoms with E-state index in [0.717, 1.165) is 6.21 Å². The molecule has 17 heavy (non-hydrogen) atoms. The van der Waals surface area contributed by atoms with E-state index >= 15 is 0 Å². The Bertz CT molecular complexity index is 608. The number of nitrogens with zero attached hydrogens (tertiary/aromatic N) is 1. The van der Waals surface area contributed by atoms with E-state index in [-0.39, 0.29) is 23.0 Å². The molecule has 0 saturated heterocycles. The predicted molar refractivity (Wildman–Crippen MR) is 60.5 cm³/mol. The van der Waals surface area contributed by atoms with E-state index in [4.69, 9.17) is 10.5 Å². The summed E-state index contributed by atoms with van der Waals surface area (Å²) in [4.78, 5) is 0. The first-order valence-electron chi connectivity index (χ1n) is 4.67. The molecule has 0 saturated carbocycles. The molecule has 1 aliphatic heterocycles. The summed E-state index contributed by atoms with van der Waals surface area (Å²) in [6.45, 7) is -0.143. The molecule has 0 spiro atoms. The largest absolute Gasteiger partial charge is 0.486 e. The lowest BCUT2D eigenvalue weighted by Gasteiger charge is -2.06. The van der Waals surface area contributed by atoms with Gasteiger partial charge in [0.05, 0.1) is 6.21 Å². The van der Waals surface area contributed by atoms with Crippen LogP contribution in [0.5, 0.6) is 5.75 Å². The van der Waals surface area contributed by atoms with Crippen molar-refractivity contribution >= 4 is 16.2 Å². The molecule has 1 aliphatic rings. The van der Waals surface area contributed by atoms with E-state index in [1.54, 1.807) is 6.07 Å². The molecular weight excluding hydrogens is 247 g/mol. The van der Waals surface area contributed by atoms with Gasteiger partial charge in [-0.25, -0.2) is 4.39 Å². The Morgan fingerprint density at radius 3 is 2.65 bits per heavy atom. The van der Waals surface area contributed by atoms with Crippen LogP contribution >= 0.6 is 0 Å². The molecule has 0 aromatic heterocycles. The van der Waals surface area contributed by atoms with Gasteiger partial charge in [0.1, 0.15) is 6.61 Å². The molecule has 2 N–H and O–H groups in total. The molecule has 0 unspecified atom stereocenters. The number of halogens is 1. The predicted octanol–water partition coefficient (Wildman–Crippen LogP) is 0.789. The fourth-order valence-electron chi connectivity index (χ4n) is 1.24. The van der Waals surface area contributed by atoms with E-state index in [1.807, 2.05) is 0 Å². The maximum absolute atomic E-state index is 13.2. The van der Waals surface area contributed by atoms with Crippen LogP contribution in [0.4, 0.5) is 4.39 Å². The SMILES string of the molecule is NC1=C(COc2ccccc2F)C=NS1(=O)=O. The number of sulfonamides is 1. The summed E-state index contributed by atoms with van der Waals surface area (Å²) < 4.78 is 43.8. The van der Waals surface area contributed by atoms with Crippen molar-refractivity contribution in [2.24, 2.45) is 10.1 Å². The zero-order valence-electron chi connectivity index (χ0n) is 8.63. The fraction of sp³-hybridized carbons (Fsp3) is 0.100. The average Bonchev–Trinajstić information content (AvgIpc) is 2.54. The van der Waals surface area contributed by atoms with Crippen LogP contribution in [-0.4, -0.2) is 21.2 Å². The van der Waals surface area contributed by atoms with Gasteiger partial charge in [-0.05, 0) is 12.1 Å². The summed E-state index contributed by atoms with van der Waals surface area (Å²) in [5, 5.41) is -0.353. The van der Waals surface area contributed by atoms with E-state index in [2.05, 4.69) is 4.40 Å². The first-order valence-corrected chi connectivity index (χ1v) is 6.11. The first kappa shape index (κ1) is 11.6. The number of ether oxygens (including phenoxy) is 1. The number of hydrogen-bond acceptors (Lipinski definition) is 4. The quantitative estimate of drug-likeness (QED) is 0.866. The molecule has 0 amide bonds. The van der Waals surface area contributed by atoms with Gasteiger partial charge in [0.15, 0.2) is 16.6 Å². The zero-order valence-corrected chi connectivity index (χ0v) is 9.45. The van der Waals surface area contributed by atoms with E-state index < -0.39 is 15.8 Å². The summed E-state index contributed by atoms with van der Waals surface area (Å²) in [6.07, 6.45) is 1.10. The minimum absolute atomic E-state index is 0.0329. The monoisotopic (exact) mass is 256 g/mol. The van der Waals surface area contributed by atoms with Crippen molar-refractivity contribution in [2.45, 2.75) is 0 Å². The fourth-order valence-corrected chi connectivity index (χ4v) is 2.07. The highest BCUT2D eigenvalue weighted by Gasteiger charge is 2.23. The van der Waals surface area contributed by atoms with Crippen LogP contribution < -0.4 is 10.5 Å². The molecule has 0 atom stereocenters. The Morgan fingerprint density at radius 1 is 1.35 bits per heavy atom. The zero-order chi connectivity index (χ0) is 12.5. The third kappa shape index (κ3) is 2.28. The van der Waals surface area contributed by atoms with Crippen LogP contribution in [0.1, 0.15) is 0 Å². The summed E-state index contributed by atoms with van der Waals surface area (Å²) in [5.74, 6) is -0.491. The first-order chi connectivity index (χ1) is 8.00. The van der Waals surface area contributed by atoms with Crippen molar-refractivity contribution in [1.29, 1.82) is 0 Å². The number of para-hydroxylation sites is 1. The second kappa shape index (κ2) is 4.17. The van der Waals surface area contributed by atoms with Gasteiger partial charge in [-0.15, -0.1) is 0 Å². The van der Waals surface area contributed by atoms with Gasteiger partial charge < -0.3 is 10.5 Å². The molecule has 1 heterocycles. The summed E-state index contributed by atoms with van der Waals surface area (Å²) in [7, 11) is -3.74. The Kier molecular flexibility index (Phi) is 2.84. The molecule has 0 bridgehead atoms. The van der Waals surface area contributed by atoms with Crippen LogP contribution in [0.2, 0.25) is 0 Å². The maximum atomic E-state index is 13.2. The van der Waals surface area contributed by atoms with Gasteiger partial charge in [-0.1, -0.05) is 12.1 Å². The number of nitrogens with two attached hydrogens (primary N) is 1. The van der Waals surface area contributed by atoms with Crippen LogP contribution in [0.25, 0.3) is 0 Å². The third-order valence-electron chi connectivity index (χ3n) is 2.16. The summed E-state index contributed by atoms with van der Waals surface area (Å²) in [6, 6.07) is 5.81. The minimum atomic E-state index is -3.74. The smallest absolute Gasteiger partial charge is 0.297 e. The Balaban J connectivity index is 2.14. The maximum Gasteiger partial charge on any atom is 0.297 e. The van der Waals surface area contributed by atoms with Gasteiger partial charge in [0.2, 0.25) is 0 Å². The molecule has 5 nitrogen and oxygen atoms in total. The lowest BCUT2D eigenvalue weighted by atomic mass is 10.3. The molecule has 0 radical (unpaired) electrons. The van der Waals surface area contributed by atoms with Gasteiger partial charge in [-0.2, -0.15) is 12.8 Å². The van der Waals surface area contributed by atoms with Gasteiger partial charge >= 0.3 is 0 Å². The lowest BCUT2D eigenvalue weighted by molar-refractivity contribution is 0.337. The molecule has 0 fully saturated rings. The van der Waals surface area contributed by atoms with Crippen molar-refractivity contribution in [1.82, 2.24) is 0 Å². The molecule has 0 aliphatic carbocycles. The van der Waals surface area contributed by atoms with E-state index in [9.17, 15) is 12.8 Å². The Labute approximate surface area is 97.5 Å². The highest BCUT2D eigenvalue weighted by atomic mass is 32.2. The van der Waals surface area contributed by atoms with E-state index in [1.165, 1.54) is 18.2 Å². The van der Waals surface area contributed by atoms with Gasteiger partial charge in [0, 0.05) is 5.57 Å².